The number of unbranched alkanes of at least 4 members (excludes halogenated alkanes) is 1. The van der Waals surface area contributed by atoms with Gasteiger partial charge in [0.2, 0.25) is 0 Å². The van der Waals surface area contributed by atoms with E-state index in [1.54, 1.807) is 7.11 Å². The van der Waals surface area contributed by atoms with Crippen LogP contribution in [0.25, 0.3) is 10.9 Å². The van der Waals surface area contributed by atoms with E-state index in [4.69, 9.17) is 9.72 Å². The van der Waals surface area contributed by atoms with E-state index in [1.165, 1.54) is 18.3 Å². The van der Waals surface area contributed by atoms with Crippen LogP contribution in [0.1, 0.15) is 36.9 Å². The number of carboxylic acid groups (broad SMARTS) is 1. The van der Waals surface area contributed by atoms with Gasteiger partial charge in [-0.2, -0.15) is 0 Å². The number of carbonyl (C=O) groups is 1. The van der Waals surface area contributed by atoms with Gasteiger partial charge in [-0.3, -0.25) is 0 Å². The number of halogens is 1. The Labute approximate surface area is 229 Å². The van der Waals surface area contributed by atoms with Crippen molar-refractivity contribution in [2.24, 2.45) is 0 Å². The molecular formula is C27H36IN6O3-. The number of methoxy groups -OCH3 is 1. The van der Waals surface area contributed by atoms with Crippen LogP contribution in [0.4, 0.5) is 11.6 Å². The summed E-state index contributed by atoms with van der Waals surface area (Å²) in [7, 11) is 1.71. The first-order valence-corrected chi connectivity index (χ1v) is 15.4. The molecule has 1 aliphatic rings. The number of benzene rings is 1. The molecule has 0 aliphatic carbocycles. The molecule has 0 spiro atoms. The predicted molar refractivity (Wildman–Crippen MR) is 142 cm³/mol. The molecule has 3 aromatic rings. The molecule has 0 radical (unpaired) electrons. The normalized spacial score (nSPS) is 13.9. The minimum atomic E-state index is -0.875. The summed E-state index contributed by atoms with van der Waals surface area (Å²) in [5.74, 6) is 0.750. The number of aliphatic carboxylic acids is 1. The fourth-order valence-electron chi connectivity index (χ4n) is 4.32. The van der Waals surface area contributed by atoms with E-state index in [2.05, 4.69) is 35.8 Å². The molecule has 9 nitrogen and oxygen atoms in total. The first-order chi connectivity index (χ1) is 18.1. The van der Waals surface area contributed by atoms with Crippen molar-refractivity contribution in [1.82, 2.24) is 18.1 Å². The van der Waals surface area contributed by atoms with Gasteiger partial charge in [-0.05, 0) is 0 Å². The van der Waals surface area contributed by atoms with Crippen LogP contribution in [0.2, 0.25) is 0 Å². The molecule has 0 bridgehead atoms. The topological polar surface area (TPSA) is 112 Å². The van der Waals surface area contributed by atoms with Crippen LogP contribution >= 0.6 is 0 Å². The van der Waals surface area contributed by atoms with E-state index >= 15 is 0 Å². The molecule has 3 heterocycles. The number of aromatic nitrogens is 3. The Morgan fingerprint density at radius 1 is 1.22 bits per heavy atom. The third-order valence-electron chi connectivity index (χ3n) is 6.37. The average molecular weight is 620 g/mol. The van der Waals surface area contributed by atoms with E-state index < -0.39 is 12.0 Å². The summed E-state index contributed by atoms with van der Waals surface area (Å²) < 4.78 is 8.88. The van der Waals surface area contributed by atoms with Crippen LogP contribution in [-0.4, -0.2) is 73.0 Å². The summed E-state index contributed by atoms with van der Waals surface area (Å²) in [6, 6.07) is 11.3. The van der Waals surface area contributed by atoms with E-state index in [1.807, 2.05) is 24.3 Å². The first kappa shape index (κ1) is 27.5. The SMILES string of the molecule is COCCN(CC[C@H](Nc1ncnc2ccccc12)C(=O)O)[I-]CCCCc1ccc2c(n1)NCCC2. The van der Waals surface area contributed by atoms with Crippen molar-refractivity contribution in [2.75, 3.05) is 48.4 Å². The second-order valence-corrected chi connectivity index (χ2v) is 12.2. The maximum atomic E-state index is 12.0. The Morgan fingerprint density at radius 2 is 2.11 bits per heavy atom. The van der Waals surface area contributed by atoms with Gasteiger partial charge < -0.3 is 0 Å². The van der Waals surface area contributed by atoms with Gasteiger partial charge in [0.25, 0.3) is 0 Å². The number of hydrogen-bond donors (Lipinski definition) is 3. The molecule has 2 aromatic heterocycles. The molecular weight excluding hydrogens is 583 g/mol. The van der Waals surface area contributed by atoms with E-state index in [9.17, 15) is 9.90 Å². The monoisotopic (exact) mass is 619 g/mol. The number of nitrogens with one attached hydrogen (secondary N) is 2. The molecule has 1 aliphatic heterocycles. The third-order valence-corrected chi connectivity index (χ3v) is 9.55. The van der Waals surface area contributed by atoms with Gasteiger partial charge in [-0.1, -0.05) is 0 Å². The Hall–Kier alpha value is -2.57. The Balaban J connectivity index is 1.25. The molecule has 10 heteroatoms. The molecule has 0 amide bonds. The number of fused-ring (bicyclic) bond motifs is 2. The van der Waals surface area contributed by atoms with Gasteiger partial charge in [0.05, 0.1) is 0 Å². The molecule has 0 saturated carbocycles. The zero-order valence-electron chi connectivity index (χ0n) is 21.3. The van der Waals surface area contributed by atoms with Crippen molar-refractivity contribution in [1.29, 1.82) is 0 Å². The zero-order valence-corrected chi connectivity index (χ0v) is 23.5. The van der Waals surface area contributed by atoms with Crippen molar-refractivity contribution in [3.05, 3.63) is 54.0 Å². The van der Waals surface area contributed by atoms with Gasteiger partial charge in [-0.15, -0.1) is 0 Å². The molecule has 4 rings (SSSR count). The quantitative estimate of drug-likeness (QED) is 0.0976. The molecule has 0 unspecified atom stereocenters. The number of carboxylic acids is 1. The molecule has 3 N–H and O–H groups in total. The third kappa shape index (κ3) is 8.21. The van der Waals surface area contributed by atoms with Crippen LogP contribution in [0.3, 0.4) is 0 Å². The summed E-state index contributed by atoms with van der Waals surface area (Å²) in [6.45, 7) is 3.19. The number of hydrogen-bond acceptors (Lipinski definition) is 8. The summed E-state index contributed by atoms with van der Waals surface area (Å²) in [5.41, 5.74) is 3.28. The number of anilines is 2. The maximum absolute atomic E-state index is 12.0. The Kier molecular flexibility index (Phi) is 10.7. The zero-order chi connectivity index (χ0) is 25.9. The number of rotatable bonds is 15. The summed E-state index contributed by atoms with van der Waals surface area (Å²) >= 11 is -0.212. The van der Waals surface area contributed by atoms with E-state index in [0.29, 0.717) is 25.4 Å². The number of pyridine rings is 1. The van der Waals surface area contributed by atoms with Gasteiger partial charge >= 0.3 is 230 Å². The van der Waals surface area contributed by atoms with Crippen LogP contribution in [0, 0.1) is 0 Å². The van der Waals surface area contributed by atoms with Gasteiger partial charge in [0.15, 0.2) is 0 Å². The second-order valence-electron chi connectivity index (χ2n) is 9.07. The van der Waals surface area contributed by atoms with Gasteiger partial charge in [0.1, 0.15) is 0 Å². The number of alkyl halides is 1. The molecule has 200 valence electrons. The fraction of sp³-hybridized carbons (Fsp3) is 0.481. The fourth-order valence-corrected chi connectivity index (χ4v) is 7.04. The van der Waals surface area contributed by atoms with Crippen LogP contribution in [0.5, 0.6) is 0 Å². The molecule has 0 fully saturated rings. The number of ether oxygens (including phenoxy) is 1. The van der Waals surface area contributed by atoms with Crippen molar-refractivity contribution >= 4 is 28.5 Å². The second kappa shape index (κ2) is 14.4. The molecule has 0 saturated heterocycles. The van der Waals surface area contributed by atoms with Crippen molar-refractivity contribution in [3.63, 3.8) is 0 Å². The minimum absolute atomic E-state index is 0.212. The first-order valence-electron chi connectivity index (χ1n) is 12.9. The Morgan fingerprint density at radius 3 is 2.97 bits per heavy atom. The van der Waals surface area contributed by atoms with E-state index in [0.717, 1.165) is 65.6 Å². The predicted octanol–water partition coefficient (Wildman–Crippen LogP) is 0.613. The van der Waals surface area contributed by atoms with Gasteiger partial charge in [0, 0.05) is 0 Å². The molecule has 1 atom stereocenters. The van der Waals surface area contributed by atoms with Crippen molar-refractivity contribution < 1.29 is 36.1 Å². The number of nitrogens with zero attached hydrogens (tertiary/aromatic N) is 4. The average Bonchev–Trinajstić information content (AvgIpc) is 2.93. The van der Waals surface area contributed by atoms with Crippen LogP contribution in [-0.2, 0) is 22.4 Å². The molecule has 37 heavy (non-hydrogen) atoms. The van der Waals surface area contributed by atoms with Crippen molar-refractivity contribution in [3.8, 4) is 0 Å². The van der Waals surface area contributed by atoms with Crippen molar-refractivity contribution in [2.45, 2.75) is 44.6 Å². The van der Waals surface area contributed by atoms with Crippen LogP contribution < -0.4 is 32.1 Å². The number of para-hydroxylation sites is 1. The Bertz CT molecular complexity index is 1160. The summed E-state index contributed by atoms with van der Waals surface area (Å²) in [5, 5.41) is 17.3. The summed E-state index contributed by atoms with van der Waals surface area (Å²) in [6.07, 6.45) is 7.51. The standard InChI is InChI=1S/C27H36IN6O3/c1-37-18-17-34(28-14-5-4-8-21-12-11-20-7-6-15-29-25(20)32-21)16-13-24(27(35)36)33-26-22-9-2-3-10-23(22)30-19-31-26/h2-3,9-12,19,24H,4-8,13-18H2,1H3,(H,29,32)(H,35,36)(H,30,31,33)/q-1/t24-/m0/s1. The van der Waals surface area contributed by atoms with Crippen LogP contribution in [0.15, 0.2) is 42.7 Å². The molecule has 1 aromatic carbocycles. The number of aryl methyl sites for hydroxylation is 2. The van der Waals surface area contributed by atoms with Gasteiger partial charge in [-0.25, -0.2) is 0 Å². The summed E-state index contributed by atoms with van der Waals surface area (Å²) in [4.78, 5) is 25.4. The van der Waals surface area contributed by atoms with E-state index in [-0.39, 0.29) is 21.5 Å².